The minimum atomic E-state index is -0.270. The fourth-order valence-electron chi connectivity index (χ4n) is 4.71. The molecule has 3 aliphatic rings. The molecule has 2 aromatic heterocycles. The number of imidazole rings is 1. The van der Waals surface area contributed by atoms with Crippen molar-refractivity contribution in [2.24, 2.45) is 0 Å². The smallest absolute Gasteiger partial charge is 0.328 e. The number of pyridine rings is 1. The molecule has 33 heavy (non-hydrogen) atoms. The molecule has 0 unspecified atom stereocenters. The standard InChI is InChI=1S/C23H25N7O3/c1-24-17-10-19-26-14-7-13(8-15(9-14)29-6-2-3-20(29)31)11-33-18-5-4-16(18)27-23(32)30-12-25-21(17)22(30)28-19/h7-10,12,16,18H,2-6,11H2,1H3,(H,27,32)(H2,24,26,28)/t16-,18-/m1/s1. The molecule has 0 radical (unpaired) electrons. The van der Waals surface area contributed by atoms with Crippen molar-refractivity contribution in [3.05, 3.63) is 36.2 Å². The Kier molecular flexibility index (Phi) is 4.68. The summed E-state index contributed by atoms with van der Waals surface area (Å²) >= 11 is 0. The van der Waals surface area contributed by atoms with E-state index in [9.17, 15) is 9.59 Å². The molecule has 2 aliphatic heterocycles. The zero-order valence-corrected chi connectivity index (χ0v) is 18.3. The number of fused-ring (bicyclic) bond motifs is 4. The number of amides is 2. The summed E-state index contributed by atoms with van der Waals surface area (Å²) in [7, 11) is 1.81. The zero-order valence-electron chi connectivity index (χ0n) is 18.3. The minimum Gasteiger partial charge on any atom is -0.386 e. The molecule has 2 amide bonds. The third kappa shape index (κ3) is 3.46. The van der Waals surface area contributed by atoms with Gasteiger partial charge < -0.3 is 25.6 Å². The first-order valence-electron chi connectivity index (χ1n) is 11.3. The van der Waals surface area contributed by atoms with Gasteiger partial charge in [0.25, 0.3) is 0 Å². The number of aromatic nitrogens is 3. The lowest BCUT2D eigenvalue weighted by atomic mass is 9.89. The molecular formula is C23H25N7O3. The molecule has 1 saturated heterocycles. The Labute approximate surface area is 190 Å². The fourth-order valence-corrected chi connectivity index (χ4v) is 4.71. The van der Waals surface area contributed by atoms with Crippen LogP contribution < -0.4 is 20.9 Å². The van der Waals surface area contributed by atoms with E-state index in [1.165, 1.54) is 10.9 Å². The van der Waals surface area contributed by atoms with Crippen LogP contribution >= 0.6 is 0 Å². The maximum absolute atomic E-state index is 13.0. The summed E-state index contributed by atoms with van der Waals surface area (Å²) in [5.41, 5.74) is 4.45. The van der Waals surface area contributed by atoms with E-state index >= 15 is 0 Å². The molecule has 6 rings (SSSR count). The highest BCUT2D eigenvalue weighted by atomic mass is 16.5. The quantitative estimate of drug-likeness (QED) is 0.553. The van der Waals surface area contributed by atoms with Crippen molar-refractivity contribution in [1.29, 1.82) is 0 Å². The van der Waals surface area contributed by atoms with E-state index in [0.717, 1.165) is 41.9 Å². The Morgan fingerprint density at radius 2 is 2.09 bits per heavy atom. The SMILES string of the molecule is CNc1cc2nc3c1ncn3C(=O)N[C@@H]1CC[C@H]1OCc1cc(cc(N3CCCC3=O)c1)N2. The summed E-state index contributed by atoms with van der Waals surface area (Å²) in [6.45, 7) is 1.11. The number of nitrogens with one attached hydrogen (secondary N) is 3. The molecule has 10 nitrogen and oxygen atoms in total. The Hall–Kier alpha value is -3.66. The van der Waals surface area contributed by atoms with Gasteiger partial charge in [-0.05, 0) is 43.0 Å². The monoisotopic (exact) mass is 447 g/mol. The maximum Gasteiger partial charge on any atom is 0.328 e. The number of benzene rings is 1. The van der Waals surface area contributed by atoms with Crippen LogP contribution in [0.25, 0.3) is 11.2 Å². The van der Waals surface area contributed by atoms with Gasteiger partial charge >= 0.3 is 6.03 Å². The minimum absolute atomic E-state index is 0.0588. The molecule has 3 aromatic rings. The van der Waals surface area contributed by atoms with Gasteiger partial charge in [-0.3, -0.25) is 4.79 Å². The summed E-state index contributed by atoms with van der Waals surface area (Å²) in [6, 6.07) is 7.51. The Morgan fingerprint density at radius 3 is 2.85 bits per heavy atom. The van der Waals surface area contributed by atoms with Crippen molar-refractivity contribution in [3.8, 4) is 0 Å². The number of hydrogen-bond acceptors (Lipinski definition) is 7. The van der Waals surface area contributed by atoms with Gasteiger partial charge in [-0.15, -0.1) is 0 Å². The third-order valence-electron chi connectivity index (χ3n) is 6.61. The van der Waals surface area contributed by atoms with Gasteiger partial charge in [0.2, 0.25) is 5.91 Å². The lowest BCUT2D eigenvalue weighted by Gasteiger charge is -2.36. The van der Waals surface area contributed by atoms with E-state index in [2.05, 4.69) is 20.9 Å². The second kappa shape index (κ2) is 7.73. The van der Waals surface area contributed by atoms with E-state index < -0.39 is 0 Å². The molecule has 170 valence electrons. The van der Waals surface area contributed by atoms with E-state index in [0.29, 0.717) is 36.6 Å². The van der Waals surface area contributed by atoms with Crippen LogP contribution in [-0.4, -0.2) is 52.2 Å². The number of rotatable bonds is 2. The van der Waals surface area contributed by atoms with Crippen molar-refractivity contribution in [1.82, 2.24) is 19.9 Å². The Morgan fingerprint density at radius 1 is 1.18 bits per heavy atom. The van der Waals surface area contributed by atoms with Gasteiger partial charge in [0.05, 0.1) is 24.4 Å². The highest BCUT2D eigenvalue weighted by molar-refractivity contribution is 5.96. The number of hydrogen-bond donors (Lipinski definition) is 3. The van der Waals surface area contributed by atoms with Crippen molar-refractivity contribution in [2.45, 2.75) is 44.4 Å². The van der Waals surface area contributed by atoms with Crippen LogP contribution in [0.3, 0.4) is 0 Å². The van der Waals surface area contributed by atoms with Crippen LogP contribution in [0.5, 0.6) is 0 Å². The lowest BCUT2D eigenvalue weighted by molar-refractivity contribution is -0.117. The van der Waals surface area contributed by atoms with Crippen molar-refractivity contribution < 1.29 is 14.3 Å². The third-order valence-corrected chi connectivity index (χ3v) is 6.61. The molecule has 1 aromatic carbocycles. The van der Waals surface area contributed by atoms with Gasteiger partial charge in [-0.25, -0.2) is 19.3 Å². The van der Waals surface area contributed by atoms with Crippen molar-refractivity contribution >= 4 is 46.0 Å². The Balaban J connectivity index is 1.48. The summed E-state index contributed by atoms with van der Waals surface area (Å²) in [6.07, 6.45) is 4.61. The number of ether oxygens (including phenoxy) is 1. The van der Waals surface area contributed by atoms with E-state index in [1.807, 2.05) is 36.2 Å². The van der Waals surface area contributed by atoms with Gasteiger partial charge in [-0.1, -0.05) is 0 Å². The first-order valence-corrected chi connectivity index (χ1v) is 11.3. The number of carbonyl (C=O) groups excluding carboxylic acids is 2. The predicted molar refractivity (Wildman–Crippen MR) is 124 cm³/mol. The van der Waals surface area contributed by atoms with Crippen LogP contribution in [0.1, 0.15) is 31.2 Å². The van der Waals surface area contributed by atoms with E-state index in [-0.39, 0.29) is 24.1 Å². The highest BCUT2D eigenvalue weighted by Crippen LogP contribution is 2.32. The van der Waals surface area contributed by atoms with Gasteiger partial charge in [0.1, 0.15) is 17.7 Å². The molecule has 4 heterocycles. The lowest BCUT2D eigenvalue weighted by Crippen LogP contribution is -2.52. The average molecular weight is 447 g/mol. The van der Waals surface area contributed by atoms with Crippen LogP contribution in [-0.2, 0) is 16.1 Å². The molecule has 10 heteroatoms. The van der Waals surface area contributed by atoms with Crippen LogP contribution in [0.2, 0.25) is 0 Å². The number of anilines is 4. The Bertz CT molecular complexity index is 1270. The van der Waals surface area contributed by atoms with E-state index in [1.54, 1.807) is 0 Å². The van der Waals surface area contributed by atoms with Crippen LogP contribution in [0.15, 0.2) is 30.6 Å². The van der Waals surface area contributed by atoms with E-state index in [4.69, 9.17) is 9.72 Å². The summed E-state index contributed by atoms with van der Waals surface area (Å²) in [4.78, 5) is 36.3. The molecular weight excluding hydrogens is 422 g/mol. The molecule has 2 atom stereocenters. The molecule has 0 spiro atoms. The van der Waals surface area contributed by atoms with Gasteiger partial charge in [0, 0.05) is 37.5 Å². The molecule has 2 fully saturated rings. The predicted octanol–water partition coefficient (Wildman–Crippen LogP) is 2.96. The first kappa shape index (κ1) is 20.0. The van der Waals surface area contributed by atoms with Gasteiger partial charge in [0.15, 0.2) is 5.65 Å². The molecule has 1 saturated carbocycles. The summed E-state index contributed by atoms with van der Waals surface area (Å²) in [5, 5.41) is 9.56. The molecule has 3 N–H and O–H groups in total. The van der Waals surface area contributed by atoms with Gasteiger partial charge in [-0.2, -0.15) is 0 Å². The molecule has 4 bridgehead atoms. The topological polar surface area (TPSA) is 113 Å². The highest BCUT2D eigenvalue weighted by Gasteiger charge is 2.34. The summed E-state index contributed by atoms with van der Waals surface area (Å²) in [5.74, 6) is 0.702. The van der Waals surface area contributed by atoms with Crippen molar-refractivity contribution in [2.75, 3.05) is 29.1 Å². The number of nitrogens with zero attached hydrogens (tertiary/aromatic N) is 4. The number of carbonyl (C=O) groups is 2. The second-order valence-corrected chi connectivity index (χ2v) is 8.74. The second-order valence-electron chi connectivity index (χ2n) is 8.74. The average Bonchev–Trinajstić information content (AvgIpc) is 3.41. The van der Waals surface area contributed by atoms with Crippen molar-refractivity contribution in [3.63, 3.8) is 0 Å². The zero-order chi connectivity index (χ0) is 22.5. The summed E-state index contributed by atoms with van der Waals surface area (Å²) < 4.78 is 7.60. The van der Waals surface area contributed by atoms with Crippen LogP contribution in [0, 0.1) is 0 Å². The van der Waals surface area contributed by atoms with Crippen LogP contribution in [0.4, 0.5) is 27.7 Å². The fraction of sp³-hybridized carbons (Fsp3) is 0.391. The molecule has 1 aliphatic carbocycles. The largest absolute Gasteiger partial charge is 0.386 e. The first-order chi connectivity index (χ1) is 16.1. The normalized spacial score (nSPS) is 22.4. The maximum atomic E-state index is 13.0.